The first-order valence-electron chi connectivity index (χ1n) is 14.6. The number of nitrogens with one attached hydrogen (secondary N) is 3. The van der Waals surface area contributed by atoms with Gasteiger partial charge in [-0.2, -0.15) is 0 Å². The second-order valence-electron chi connectivity index (χ2n) is 11.7. The van der Waals surface area contributed by atoms with Crippen molar-refractivity contribution in [3.8, 4) is 0 Å². The van der Waals surface area contributed by atoms with Crippen LogP contribution in [0.5, 0.6) is 0 Å². The van der Waals surface area contributed by atoms with Crippen molar-refractivity contribution in [2.75, 3.05) is 19.6 Å². The average Bonchev–Trinajstić information content (AvgIpc) is 3.37. The van der Waals surface area contributed by atoms with E-state index in [1.807, 2.05) is 74.5 Å². The van der Waals surface area contributed by atoms with Crippen molar-refractivity contribution in [1.82, 2.24) is 20.9 Å². The Labute approximate surface area is 244 Å². The van der Waals surface area contributed by atoms with E-state index in [1.165, 1.54) is 0 Å². The Bertz CT molecular complexity index is 1080. The summed E-state index contributed by atoms with van der Waals surface area (Å²) in [5.74, 6) is 0.408. The molecule has 0 saturated carbocycles. The molecule has 0 radical (unpaired) electrons. The van der Waals surface area contributed by atoms with Gasteiger partial charge in [0.15, 0.2) is 0 Å². The maximum Gasteiger partial charge on any atom is 0.408 e. The van der Waals surface area contributed by atoms with Crippen LogP contribution >= 0.6 is 0 Å². The number of carbonyl (C=O) groups excluding carboxylic acids is 3. The fraction of sp³-hybridized carbons (Fsp3) is 0.531. The SMILES string of the molecule is CC(C)C[C@@H](CN1CC[C@@H](NC(=O)[C@H](CC(C)C)NC(=O)OCc2ccccc2)C1)NC(=O)OCc1ccccc1. The number of benzene rings is 2. The number of ether oxygens (including phenoxy) is 2. The molecule has 1 aliphatic rings. The number of nitrogens with zero attached hydrogens (tertiary/aromatic N) is 1. The van der Waals surface area contributed by atoms with Crippen LogP contribution in [0.3, 0.4) is 0 Å². The summed E-state index contributed by atoms with van der Waals surface area (Å²) in [6, 6.07) is 18.3. The number of hydrogen-bond donors (Lipinski definition) is 3. The highest BCUT2D eigenvalue weighted by Crippen LogP contribution is 2.15. The normalized spacial score (nSPS) is 16.7. The average molecular weight is 567 g/mol. The van der Waals surface area contributed by atoms with Crippen LogP contribution in [-0.4, -0.2) is 60.8 Å². The summed E-state index contributed by atoms with van der Waals surface area (Å²) in [4.78, 5) is 40.4. The Kier molecular flexibility index (Phi) is 12.9. The Balaban J connectivity index is 1.47. The molecule has 1 aliphatic heterocycles. The van der Waals surface area contributed by atoms with Crippen molar-refractivity contribution in [3.63, 3.8) is 0 Å². The number of likely N-dealkylation sites (tertiary alicyclic amines) is 1. The molecule has 1 fully saturated rings. The van der Waals surface area contributed by atoms with Crippen LogP contribution in [0.15, 0.2) is 60.7 Å². The highest BCUT2D eigenvalue weighted by molar-refractivity contribution is 5.85. The van der Waals surface area contributed by atoms with Crippen molar-refractivity contribution >= 4 is 18.1 Å². The van der Waals surface area contributed by atoms with Crippen molar-refractivity contribution < 1.29 is 23.9 Å². The lowest BCUT2D eigenvalue weighted by Gasteiger charge is -2.26. The fourth-order valence-corrected chi connectivity index (χ4v) is 5.02. The first kappa shape index (κ1) is 31.9. The number of amides is 3. The molecule has 3 rings (SSSR count). The van der Waals surface area contributed by atoms with E-state index in [0.717, 1.165) is 30.5 Å². The monoisotopic (exact) mass is 566 g/mol. The molecule has 0 bridgehead atoms. The third-order valence-corrected chi connectivity index (χ3v) is 6.92. The highest BCUT2D eigenvalue weighted by Gasteiger charge is 2.30. The quantitative estimate of drug-likeness (QED) is 0.301. The molecule has 3 amide bonds. The van der Waals surface area contributed by atoms with Gasteiger partial charge in [-0.25, -0.2) is 9.59 Å². The van der Waals surface area contributed by atoms with E-state index < -0.39 is 18.2 Å². The summed E-state index contributed by atoms with van der Waals surface area (Å²) in [6.07, 6.45) is 1.09. The molecule has 0 aliphatic carbocycles. The second kappa shape index (κ2) is 16.6. The van der Waals surface area contributed by atoms with Crippen molar-refractivity contribution in [3.05, 3.63) is 71.8 Å². The minimum Gasteiger partial charge on any atom is -0.445 e. The van der Waals surface area contributed by atoms with E-state index in [1.54, 1.807) is 0 Å². The molecular weight excluding hydrogens is 520 g/mol. The molecule has 41 heavy (non-hydrogen) atoms. The second-order valence-corrected chi connectivity index (χ2v) is 11.7. The Morgan fingerprint density at radius 3 is 1.88 bits per heavy atom. The Morgan fingerprint density at radius 1 is 0.805 bits per heavy atom. The molecule has 9 heteroatoms. The van der Waals surface area contributed by atoms with Crippen molar-refractivity contribution in [2.45, 2.75) is 78.3 Å². The minimum atomic E-state index is -0.679. The smallest absolute Gasteiger partial charge is 0.408 e. The molecular formula is C32H46N4O5. The van der Waals surface area contributed by atoms with Gasteiger partial charge in [0.25, 0.3) is 0 Å². The van der Waals surface area contributed by atoms with E-state index in [-0.39, 0.29) is 37.1 Å². The number of rotatable bonds is 14. The number of alkyl carbamates (subject to hydrolysis) is 2. The molecule has 0 aromatic heterocycles. The van der Waals surface area contributed by atoms with Gasteiger partial charge in [-0.15, -0.1) is 0 Å². The standard InChI is InChI=1S/C32H46N4O5/c1-23(2)17-28(34-31(38)40-21-25-11-7-5-8-12-25)20-36-16-15-27(19-36)33-30(37)29(18-24(3)4)35-32(39)41-22-26-13-9-6-10-14-26/h5-14,23-24,27-29H,15-22H2,1-4H3,(H,33,37)(H,34,38)(H,35,39)/t27-,28+,29+/m1/s1. The molecule has 3 atom stereocenters. The zero-order valence-corrected chi connectivity index (χ0v) is 24.8. The first-order chi connectivity index (χ1) is 19.7. The maximum absolute atomic E-state index is 13.2. The summed E-state index contributed by atoms with van der Waals surface area (Å²) in [7, 11) is 0. The van der Waals surface area contributed by atoms with Crippen molar-refractivity contribution in [1.29, 1.82) is 0 Å². The summed E-state index contributed by atoms with van der Waals surface area (Å²) in [5, 5.41) is 8.91. The van der Waals surface area contributed by atoms with Crippen LogP contribution in [-0.2, 0) is 27.5 Å². The Hall–Kier alpha value is -3.59. The van der Waals surface area contributed by atoms with Crippen LogP contribution in [0, 0.1) is 11.8 Å². The first-order valence-corrected chi connectivity index (χ1v) is 14.6. The number of hydrogen-bond acceptors (Lipinski definition) is 6. The van der Waals surface area contributed by atoms with E-state index in [4.69, 9.17) is 9.47 Å². The molecule has 224 valence electrons. The van der Waals surface area contributed by atoms with Crippen LogP contribution in [0.4, 0.5) is 9.59 Å². The molecule has 0 spiro atoms. The van der Waals surface area contributed by atoms with Gasteiger partial charge in [-0.05, 0) is 42.2 Å². The molecule has 2 aromatic rings. The van der Waals surface area contributed by atoms with Gasteiger partial charge in [0.1, 0.15) is 19.3 Å². The topological polar surface area (TPSA) is 109 Å². The molecule has 9 nitrogen and oxygen atoms in total. The summed E-state index contributed by atoms with van der Waals surface area (Å²) < 4.78 is 10.8. The van der Waals surface area contributed by atoms with Gasteiger partial charge in [-0.1, -0.05) is 88.4 Å². The molecule has 1 saturated heterocycles. The zero-order chi connectivity index (χ0) is 29.6. The maximum atomic E-state index is 13.2. The predicted octanol–water partition coefficient (Wildman–Crippen LogP) is 4.86. The van der Waals surface area contributed by atoms with Crippen LogP contribution in [0.25, 0.3) is 0 Å². The molecule has 0 unspecified atom stereocenters. The Morgan fingerprint density at radius 2 is 1.34 bits per heavy atom. The molecule has 3 N–H and O–H groups in total. The molecule has 1 heterocycles. The van der Waals surface area contributed by atoms with Crippen LogP contribution in [0.1, 0.15) is 58.1 Å². The largest absolute Gasteiger partial charge is 0.445 e. The third kappa shape index (κ3) is 12.2. The van der Waals surface area contributed by atoms with E-state index in [0.29, 0.717) is 25.4 Å². The fourth-order valence-electron chi connectivity index (χ4n) is 5.02. The van der Waals surface area contributed by atoms with Gasteiger partial charge < -0.3 is 25.4 Å². The van der Waals surface area contributed by atoms with Gasteiger partial charge >= 0.3 is 12.2 Å². The van der Waals surface area contributed by atoms with E-state index >= 15 is 0 Å². The predicted molar refractivity (Wildman–Crippen MR) is 159 cm³/mol. The van der Waals surface area contributed by atoms with Gasteiger partial charge in [0.2, 0.25) is 5.91 Å². The van der Waals surface area contributed by atoms with Gasteiger partial charge in [0.05, 0.1) is 0 Å². The molecule has 2 aromatic carbocycles. The van der Waals surface area contributed by atoms with E-state index in [9.17, 15) is 14.4 Å². The summed E-state index contributed by atoms with van der Waals surface area (Å²) >= 11 is 0. The van der Waals surface area contributed by atoms with Gasteiger partial charge in [-0.3, -0.25) is 9.69 Å². The van der Waals surface area contributed by atoms with Crippen molar-refractivity contribution in [2.24, 2.45) is 11.8 Å². The van der Waals surface area contributed by atoms with Gasteiger partial charge in [0, 0.05) is 31.7 Å². The lowest BCUT2D eigenvalue weighted by Crippen LogP contribution is -2.51. The summed E-state index contributed by atoms with van der Waals surface area (Å²) in [6.45, 7) is 10.8. The lowest BCUT2D eigenvalue weighted by molar-refractivity contribution is -0.124. The number of carbonyl (C=O) groups is 3. The van der Waals surface area contributed by atoms with Crippen LogP contribution in [0.2, 0.25) is 0 Å². The summed E-state index contributed by atoms with van der Waals surface area (Å²) in [5.41, 5.74) is 1.82. The lowest BCUT2D eigenvalue weighted by atomic mass is 10.0. The third-order valence-electron chi connectivity index (χ3n) is 6.92. The highest BCUT2D eigenvalue weighted by atomic mass is 16.6. The van der Waals surface area contributed by atoms with E-state index in [2.05, 4.69) is 34.7 Å². The van der Waals surface area contributed by atoms with Crippen LogP contribution < -0.4 is 16.0 Å². The zero-order valence-electron chi connectivity index (χ0n) is 24.8. The minimum absolute atomic E-state index is 0.0379.